The van der Waals surface area contributed by atoms with Gasteiger partial charge in [-0.05, 0) is 51.8 Å². The third-order valence-electron chi connectivity index (χ3n) is 4.18. The highest BCUT2D eigenvalue weighted by molar-refractivity contribution is 5.93. The van der Waals surface area contributed by atoms with Crippen LogP contribution < -0.4 is 5.32 Å². The maximum Gasteiger partial charge on any atom is 0.238 e. The highest BCUT2D eigenvalue weighted by Gasteiger charge is 2.25. The number of hydrogen-bond donors (Lipinski definition) is 1. The molecule has 0 spiro atoms. The topological polar surface area (TPSA) is 32.3 Å². The Morgan fingerprint density at radius 1 is 1.20 bits per heavy atom. The summed E-state index contributed by atoms with van der Waals surface area (Å²) in [5.41, 5.74) is 3.21. The number of carbonyl (C=O) groups is 1. The molecular weight excluding hydrogens is 248 g/mol. The maximum absolute atomic E-state index is 12.3. The summed E-state index contributed by atoms with van der Waals surface area (Å²) in [7, 11) is 0. The third kappa shape index (κ3) is 4.07. The van der Waals surface area contributed by atoms with Gasteiger partial charge < -0.3 is 5.32 Å². The zero-order valence-electron chi connectivity index (χ0n) is 13.7. The van der Waals surface area contributed by atoms with Crippen LogP contribution in [0.15, 0.2) is 18.2 Å². The molecule has 0 aliphatic carbocycles. The van der Waals surface area contributed by atoms with E-state index in [4.69, 9.17) is 0 Å². The second-order valence-electron chi connectivity index (χ2n) is 6.00. The van der Waals surface area contributed by atoms with Crippen LogP contribution in [-0.2, 0) is 4.79 Å². The monoisotopic (exact) mass is 276 g/mol. The van der Waals surface area contributed by atoms with E-state index in [1.165, 1.54) is 0 Å². The summed E-state index contributed by atoms with van der Waals surface area (Å²) in [5, 5.41) is 3.06. The number of nitrogens with one attached hydrogen (secondary N) is 1. The van der Waals surface area contributed by atoms with Gasteiger partial charge in [0.25, 0.3) is 0 Å². The molecule has 0 aliphatic heterocycles. The van der Waals surface area contributed by atoms with Crippen LogP contribution in [0.4, 0.5) is 5.69 Å². The summed E-state index contributed by atoms with van der Waals surface area (Å²) in [4.78, 5) is 14.5. The zero-order chi connectivity index (χ0) is 15.3. The number of amides is 1. The average molecular weight is 276 g/mol. The lowest BCUT2D eigenvalue weighted by molar-refractivity contribution is -0.118. The Kier molecular flexibility index (Phi) is 5.75. The number of benzene rings is 1. The molecule has 1 aromatic carbocycles. The van der Waals surface area contributed by atoms with E-state index in [1.807, 2.05) is 32.0 Å². The fourth-order valence-corrected chi connectivity index (χ4v) is 2.34. The number of carbonyl (C=O) groups excluding carboxylic acids is 1. The van der Waals surface area contributed by atoms with E-state index in [2.05, 4.69) is 37.9 Å². The molecule has 0 unspecified atom stereocenters. The van der Waals surface area contributed by atoms with Gasteiger partial charge in [-0.3, -0.25) is 9.69 Å². The normalized spacial score (nSPS) is 11.8. The van der Waals surface area contributed by atoms with Crippen molar-refractivity contribution < 1.29 is 4.79 Å². The van der Waals surface area contributed by atoms with Crippen LogP contribution in [0.2, 0.25) is 0 Å². The first-order valence-electron chi connectivity index (χ1n) is 7.43. The number of aryl methyl sites for hydroxylation is 2. The van der Waals surface area contributed by atoms with E-state index in [0.717, 1.165) is 29.8 Å². The second-order valence-corrected chi connectivity index (χ2v) is 6.00. The Balaban J connectivity index is 2.77. The molecule has 0 saturated carbocycles. The van der Waals surface area contributed by atoms with E-state index in [0.29, 0.717) is 6.54 Å². The van der Waals surface area contributed by atoms with Gasteiger partial charge in [0.15, 0.2) is 0 Å². The maximum atomic E-state index is 12.3. The first-order valence-corrected chi connectivity index (χ1v) is 7.43. The quantitative estimate of drug-likeness (QED) is 0.858. The Bertz CT molecular complexity index is 446. The van der Waals surface area contributed by atoms with Crippen LogP contribution in [0.25, 0.3) is 0 Å². The number of hydrogen-bond acceptors (Lipinski definition) is 2. The minimum atomic E-state index is 0.0485. The molecule has 0 fully saturated rings. The SMILES string of the molecule is CCN(CC(=O)Nc1c(C)cccc1C)C(C)(C)CC. The Hall–Kier alpha value is -1.35. The van der Waals surface area contributed by atoms with Crippen molar-refractivity contribution in [3.05, 3.63) is 29.3 Å². The van der Waals surface area contributed by atoms with Crippen molar-refractivity contribution in [2.45, 2.75) is 53.5 Å². The van der Waals surface area contributed by atoms with Crippen molar-refractivity contribution in [3.63, 3.8) is 0 Å². The summed E-state index contributed by atoms with van der Waals surface area (Å²) in [6.45, 7) is 14.0. The number of anilines is 1. The molecular formula is C17H28N2O. The standard InChI is InChI=1S/C17H28N2O/c1-7-17(5,6)19(8-2)12-15(20)18-16-13(3)10-9-11-14(16)4/h9-11H,7-8,12H2,1-6H3,(H,18,20). The fraction of sp³-hybridized carbons (Fsp3) is 0.588. The van der Waals surface area contributed by atoms with E-state index in [9.17, 15) is 4.79 Å². The van der Waals surface area contributed by atoms with Gasteiger partial charge in [-0.2, -0.15) is 0 Å². The summed E-state index contributed by atoms with van der Waals surface area (Å²) in [6, 6.07) is 6.06. The second kappa shape index (κ2) is 6.89. The van der Waals surface area contributed by atoms with Gasteiger partial charge in [-0.25, -0.2) is 0 Å². The largest absolute Gasteiger partial charge is 0.324 e. The molecule has 3 heteroatoms. The number of likely N-dealkylation sites (N-methyl/N-ethyl adjacent to an activating group) is 1. The van der Waals surface area contributed by atoms with Gasteiger partial charge >= 0.3 is 0 Å². The van der Waals surface area contributed by atoms with Gasteiger partial charge in [-0.1, -0.05) is 32.0 Å². The molecule has 1 rings (SSSR count). The minimum Gasteiger partial charge on any atom is -0.324 e. The first kappa shape index (κ1) is 16.7. The molecule has 1 N–H and O–H groups in total. The molecule has 3 nitrogen and oxygen atoms in total. The number of nitrogens with zero attached hydrogens (tertiary/aromatic N) is 1. The van der Waals surface area contributed by atoms with Gasteiger partial charge in [0.1, 0.15) is 0 Å². The summed E-state index contributed by atoms with van der Waals surface area (Å²) in [6.07, 6.45) is 1.03. The Morgan fingerprint density at radius 3 is 2.20 bits per heavy atom. The molecule has 0 aliphatic rings. The molecule has 0 radical (unpaired) electrons. The third-order valence-corrected chi connectivity index (χ3v) is 4.18. The Morgan fingerprint density at radius 2 is 1.75 bits per heavy atom. The smallest absolute Gasteiger partial charge is 0.238 e. The predicted molar refractivity (Wildman–Crippen MR) is 86.2 cm³/mol. The van der Waals surface area contributed by atoms with E-state index < -0.39 is 0 Å². The average Bonchev–Trinajstić information content (AvgIpc) is 2.40. The number of rotatable bonds is 6. The van der Waals surface area contributed by atoms with Gasteiger partial charge in [0.2, 0.25) is 5.91 Å². The zero-order valence-corrected chi connectivity index (χ0v) is 13.7. The molecule has 0 saturated heterocycles. The lowest BCUT2D eigenvalue weighted by Crippen LogP contribution is -2.47. The van der Waals surface area contributed by atoms with Gasteiger partial charge in [0, 0.05) is 11.2 Å². The molecule has 1 amide bonds. The molecule has 0 bridgehead atoms. The molecule has 1 aromatic rings. The summed E-state index contributed by atoms with van der Waals surface area (Å²) in [5.74, 6) is 0.0609. The molecule has 112 valence electrons. The van der Waals surface area contributed by atoms with Crippen LogP contribution in [-0.4, -0.2) is 29.4 Å². The first-order chi connectivity index (χ1) is 9.31. The fourth-order valence-electron chi connectivity index (χ4n) is 2.34. The van der Waals surface area contributed by atoms with Gasteiger partial charge in [-0.15, -0.1) is 0 Å². The van der Waals surface area contributed by atoms with Crippen LogP contribution in [0.5, 0.6) is 0 Å². The minimum absolute atomic E-state index is 0.0485. The van der Waals surface area contributed by atoms with Crippen molar-refractivity contribution in [2.24, 2.45) is 0 Å². The van der Waals surface area contributed by atoms with Crippen LogP contribution in [0.1, 0.15) is 45.2 Å². The number of para-hydroxylation sites is 1. The van der Waals surface area contributed by atoms with E-state index in [-0.39, 0.29) is 11.4 Å². The summed E-state index contributed by atoms with van der Waals surface area (Å²) >= 11 is 0. The van der Waals surface area contributed by atoms with Crippen LogP contribution >= 0.6 is 0 Å². The predicted octanol–water partition coefficient (Wildman–Crippen LogP) is 3.75. The molecule has 0 heterocycles. The van der Waals surface area contributed by atoms with Crippen molar-refractivity contribution in [1.29, 1.82) is 0 Å². The molecule has 0 atom stereocenters. The van der Waals surface area contributed by atoms with Crippen LogP contribution in [0, 0.1) is 13.8 Å². The van der Waals surface area contributed by atoms with Crippen molar-refractivity contribution in [1.82, 2.24) is 4.90 Å². The highest BCUT2D eigenvalue weighted by Crippen LogP contribution is 2.21. The van der Waals surface area contributed by atoms with Crippen molar-refractivity contribution in [2.75, 3.05) is 18.4 Å². The van der Waals surface area contributed by atoms with E-state index in [1.54, 1.807) is 0 Å². The van der Waals surface area contributed by atoms with E-state index >= 15 is 0 Å². The highest BCUT2D eigenvalue weighted by atomic mass is 16.2. The van der Waals surface area contributed by atoms with Crippen LogP contribution in [0.3, 0.4) is 0 Å². The molecule has 20 heavy (non-hydrogen) atoms. The van der Waals surface area contributed by atoms with Crippen molar-refractivity contribution in [3.8, 4) is 0 Å². The Labute approximate surface area is 123 Å². The molecule has 0 aromatic heterocycles. The van der Waals surface area contributed by atoms with Gasteiger partial charge in [0.05, 0.1) is 6.54 Å². The summed E-state index contributed by atoms with van der Waals surface area (Å²) < 4.78 is 0. The lowest BCUT2D eigenvalue weighted by Gasteiger charge is -2.36. The van der Waals surface area contributed by atoms with Crippen molar-refractivity contribution >= 4 is 11.6 Å². The lowest BCUT2D eigenvalue weighted by atomic mass is 9.99.